The van der Waals surface area contributed by atoms with E-state index in [-0.39, 0.29) is 5.91 Å². The number of nitrogens with one attached hydrogen (secondary N) is 1. The molecule has 0 atom stereocenters. The first-order valence-electron chi connectivity index (χ1n) is 9.96. The molecule has 1 aromatic carbocycles. The second kappa shape index (κ2) is 10.2. The third-order valence-electron chi connectivity index (χ3n) is 5.19. The fourth-order valence-electron chi connectivity index (χ4n) is 3.58. The molecule has 1 amide bonds. The smallest absolute Gasteiger partial charge is 0.234 e. The van der Waals surface area contributed by atoms with Gasteiger partial charge in [0.25, 0.3) is 0 Å². The normalized spacial score (nSPS) is 15.6. The molecular formula is C22H30N2O3. The van der Waals surface area contributed by atoms with Gasteiger partial charge < -0.3 is 14.5 Å². The number of furan rings is 1. The van der Waals surface area contributed by atoms with Crippen LogP contribution in [0.25, 0.3) is 0 Å². The lowest BCUT2D eigenvalue weighted by atomic mass is 9.90. The highest BCUT2D eigenvalue weighted by Crippen LogP contribution is 2.23. The summed E-state index contributed by atoms with van der Waals surface area (Å²) in [5.74, 6) is 2.55. The van der Waals surface area contributed by atoms with E-state index in [9.17, 15) is 4.79 Å². The van der Waals surface area contributed by atoms with Crippen LogP contribution in [-0.2, 0) is 17.8 Å². The summed E-state index contributed by atoms with van der Waals surface area (Å²) in [6, 6.07) is 12.2. The number of benzene rings is 1. The summed E-state index contributed by atoms with van der Waals surface area (Å²) in [7, 11) is 0. The predicted octanol–water partition coefficient (Wildman–Crippen LogP) is 3.64. The van der Waals surface area contributed by atoms with Crippen LogP contribution in [0.2, 0.25) is 0 Å². The average Bonchev–Trinajstić information content (AvgIpc) is 3.21. The number of amides is 1. The monoisotopic (exact) mass is 370 g/mol. The van der Waals surface area contributed by atoms with Crippen LogP contribution in [0.5, 0.6) is 5.75 Å². The molecule has 0 unspecified atom stereocenters. The van der Waals surface area contributed by atoms with E-state index in [0.717, 1.165) is 36.9 Å². The molecule has 5 heteroatoms. The van der Waals surface area contributed by atoms with Crippen LogP contribution in [0.1, 0.15) is 37.5 Å². The molecular weight excluding hydrogens is 340 g/mol. The lowest BCUT2D eigenvalue weighted by molar-refractivity contribution is -0.122. The number of rotatable bonds is 9. The number of carbonyl (C=O) groups excluding carboxylic acids is 1. The molecule has 0 aliphatic carbocycles. The number of aryl methyl sites for hydroxylation is 1. The van der Waals surface area contributed by atoms with E-state index in [1.807, 2.05) is 19.1 Å². The first-order chi connectivity index (χ1) is 13.2. The van der Waals surface area contributed by atoms with Crippen LogP contribution in [0, 0.1) is 5.92 Å². The van der Waals surface area contributed by atoms with E-state index < -0.39 is 0 Å². The van der Waals surface area contributed by atoms with Gasteiger partial charge in [0.15, 0.2) is 0 Å². The second-order valence-electron chi connectivity index (χ2n) is 7.19. The van der Waals surface area contributed by atoms with Gasteiger partial charge in [-0.15, -0.1) is 0 Å². The fourth-order valence-corrected chi connectivity index (χ4v) is 3.58. The van der Waals surface area contributed by atoms with Gasteiger partial charge in [0.05, 0.1) is 26.0 Å². The molecule has 1 fully saturated rings. The molecule has 3 rings (SSSR count). The van der Waals surface area contributed by atoms with Crippen LogP contribution in [-0.4, -0.2) is 37.0 Å². The molecule has 0 radical (unpaired) electrons. The lowest BCUT2D eigenvalue weighted by Gasteiger charge is -2.31. The van der Waals surface area contributed by atoms with E-state index >= 15 is 0 Å². The highest BCUT2D eigenvalue weighted by molar-refractivity contribution is 5.77. The molecule has 0 saturated carbocycles. The number of likely N-dealkylation sites (tertiary alicyclic amines) is 1. The Morgan fingerprint density at radius 2 is 2.00 bits per heavy atom. The molecule has 1 N–H and O–H groups in total. The minimum atomic E-state index is 0.0687. The second-order valence-corrected chi connectivity index (χ2v) is 7.19. The Bertz CT molecular complexity index is 674. The molecule has 1 aromatic heterocycles. The van der Waals surface area contributed by atoms with Crippen molar-refractivity contribution in [3.63, 3.8) is 0 Å². The third kappa shape index (κ3) is 6.43. The molecule has 1 saturated heterocycles. The highest BCUT2D eigenvalue weighted by Gasteiger charge is 2.20. The van der Waals surface area contributed by atoms with E-state index in [4.69, 9.17) is 9.15 Å². The number of nitrogens with zero attached hydrogens (tertiary/aromatic N) is 1. The number of carbonyl (C=O) groups is 1. The van der Waals surface area contributed by atoms with Crippen molar-refractivity contribution in [3.05, 3.63) is 54.0 Å². The van der Waals surface area contributed by atoms with Gasteiger partial charge in [-0.3, -0.25) is 9.69 Å². The van der Waals surface area contributed by atoms with Crippen LogP contribution in [0.4, 0.5) is 0 Å². The van der Waals surface area contributed by atoms with Gasteiger partial charge in [-0.05, 0) is 81.4 Å². The van der Waals surface area contributed by atoms with Crippen LogP contribution in [0.15, 0.2) is 47.1 Å². The fraction of sp³-hybridized carbons (Fsp3) is 0.500. The Kier molecular flexibility index (Phi) is 7.34. The minimum absolute atomic E-state index is 0.0687. The number of ether oxygens (including phenoxy) is 1. The van der Waals surface area contributed by atoms with Crippen LogP contribution in [0.3, 0.4) is 0 Å². The number of piperidine rings is 1. The summed E-state index contributed by atoms with van der Waals surface area (Å²) >= 11 is 0. The Morgan fingerprint density at radius 1 is 1.22 bits per heavy atom. The van der Waals surface area contributed by atoms with E-state index in [1.54, 1.807) is 6.26 Å². The zero-order valence-electron chi connectivity index (χ0n) is 16.2. The summed E-state index contributed by atoms with van der Waals surface area (Å²) in [6.45, 7) is 5.66. The standard InChI is InChI=1S/C22H30N2O3/c1-2-26-20-9-7-18(8-10-20)5-6-19-11-13-24(14-12-19)17-22(25)23-16-21-4-3-15-27-21/h3-4,7-10,15,19H,2,5-6,11-14,16-17H2,1H3,(H,23,25). The van der Waals surface area contributed by atoms with Crippen molar-refractivity contribution in [2.45, 2.75) is 39.2 Å². The van der Waals surface area contributed by atoms with Crippen molar-refractivity contribution in [2.24, 2.45) is 5.92 Å². The van der Waals surface area contributed by atoms with Crippen molar-refractivity contribution in [3.8, 4) is 5.75 Å². The van der Waals surface area contributed by atoms with Gasteiger partial charge in [-0.2, -0.15) is 0 Å². The predicted molar refractivity (Wildman–Crippen MR) is 106 cm³/mol. The largest absolute Gasteiger partial charge is 0.494 e. The van der Waals surface area contributed by atoms with E-state index in [1.165, 1.54) is 24.8 Å². The maximum Gasteiger partial charge on any atom is 0.234 e. The zero-order valence-corrected chi connectivity index (χ0v) is 16.2. The minimum Gasteiger partial charge on any atom is -0.494 e. The SMILES string of the molecule is CCOc1ccc(CCC2CCN(CC(=O)NCc3ccco3)CC2)cc1. The van der Waals surface area contributed by atoms with Gasteiger partial charge in [-0.25, -0.2) is 0 Å². The van der Waals surface area contributed by atoms with Crippen molar-refractivity contribution in [1.82, 2.24) is 10.2 Å². The Hall–Kier alpha value is -2.27. The molecule has 0 bridgehead atoms. The molecule has 5 nitrogen and oxygen atoms in total. The highest BCUT2D eigenvalue weighted by atomic mass is 16.5. The van der Waals surface area contributed by atoms with Crippen molar-refractivity contribution < 1.29 is 13.9 Å². The summed E-state index contributed by atoms with van der Waals surface area (Å²) < 4.78 is 10.7. The zero-order chi connectivity index (χ0) is 18.9. The van der Waals surface area contributed by atoms with Crippen LogP contribution < -0.4 is 10.1 Å². The molecule has 1 aliphatic heterocycles. The Morgan fingerprint density at radius 3 is 2.67 bits per heavy atom. The van der Waals surface area contributed by atoms with Gasteiger partial charge >= 0.3 is 0 Å². The number of hydrogen-bond donors (Lipinski definition) is 1. The summed E-state index contributed by atoms with van der Waals surface area (Å²) in [6.07, 6.45) is 6.29. The maximum absolute atomic E-state index is 12.1. The number of hydrogen-bond acceptors (Lipinski definition) is 4. The molecule has 2 aromatic rings. The topological polar surface area (TPSA) is 54.7 Å². The summed E-state index contributed by atoms with van der Waals surface area (Å²) in [5, 5.41) is 2.92. The lowest BCUT2D eigenvalue weighted by Crippen LogP contribution is -2.41. The molecule has 2 heterocycles. The van der Waals surface area contributed by atoms with Gasteiger partial charge in [0, 0.05) is 0 Å². The first-order valence-corrected chi connectivity index (χ1v) is 9.96. The van der Waals surface area contributed by atoms with Gasteiger partial charge in [-0.1, -0.05) is 12.1 Å². The molecule has 0 spiro atoms. The van der Waals surface area contributed by atoms with E-state index in [0.29, 0.717) is 19.7 Å². The Labute approximate surface area is 161 Å². The van der Waals surface area contributed by atoms with Gasteiger partial charge in [0.1, 0.15) is 11.5 Å². The maximum atomic E-state index is 12.1. The summed E-state index contributed by atoms with van der Waals surface area (Å²) in [4.78, 5) is 14.3. The van der Waals surface area contributed by atoms with E-state index in [2.05, 4.69) is 34.5 Å². The molecule has 1 aliphatic rings. The van der Waals surface area contributed by atoms with Crippen molar-refractivity contribution in [1.29, 1.82) is 0 Å². The average molecular weight is 370 g/mol. The summed E-state index contributed by atoms with van der Waals surface area (Å²) in [5.41, 5.74) is 1.37. The van der Waals surface area contributed by atoms with Crippen molar-refractivity contribution >= 4 is 5.91 Å². The Balaban J connectivity index is 1.32. The quantitative estimate of drug-likeness (QED) is 0.732. The van der Waals surface area contributed by atoms with Crippen LogP contribution >= 0.6 is 0 Å². The van der Waals surface area contributed by atoms with Gasteiger partial charge in [0.2, 0.25) is 5.91 Å². The molecule has 146 valence electrons. The van der Waals surface area contributed by atoms with Crippen molar-refractivity contribution in [2.75, 3.05) is 26.2 Å². The first kappa shape index (κ1) is 19.5. The molecule has 27 heavy (non-hydrogen) atoms. The third-order valence-corrected chi connectivity index (χ3v) is 5.19.